The lowest BCUT2D eigenvalue weighted by Gasteiger charge is -2.09. The summed E-state index contributed by atoms with van der Waals surface area (Å²) in [6.07, 6.45) is 2.00. The van der Waals surface area contributed by atoms with Crippen LogP contribution < -0.4 is 0 Å². The molecule has 0 fully saturated rings. The summed E-state index contributed by atoms with van der Waals surface area (Å²) in [4.78, 5) is 12.0. The Bertz CT molecular complexity index is 811. The fourth-order valence-electron chi connectivity index (χ4n) is 2.71. The van der Waals surface area contributed by atoms with E-state index >= 15 is 0 Å². The molecule has 0 atom stereocenters. The number of nitrogens with zero attached hydrogens (tertiary/aromatic N) is 2. The first-order valence-corrected chi connectivity index (χ1v) is 6.88. The molecule has 4 nitrogen and oxygen atoms in total. The van der Waals surface area contributed by atoms with Gasteiger partial charge in [-0.25, -0.2) is 4.79 Å². The molecule has 2 aromatic heterocycles. The summed E-state index contributed by atoms with van der Waals surface area (Å²) in [6, 6.07) is 12.2. The van der Waals surface area contributed by atoms with Crippen LogP contribution in [0.1, 0.15) is 21.6 Å². The molecule has 0 bridgehead atoms. The van der Waals surface area contributed by atoms with Gasteiger partial charge in [-0.2, -0.15) is 0 Å². The van der Waals surface area contributed by atoms with Crippen LogP contribution in [0.25, 0.3) is 11.0 Å². The van der Waals surface area contributed by atoms with Crippen LogP contribution in [-0.4, -0.2) is 22.2 Å². The molecule has 0 aliphatic heterocycles. The van der Waals surface area contributed by atoms with Crippen LogP contribution >= 0.6 is 0 Å². The number of hydrogen-bond donors (Lipinski definition) is 0. The van der Waals surface area contributed by atoms with Crippen LogP contribution in [0.4, 0.5) is 0 Å². The third-order valence-corrected chi connectivity index (χ3v) is 3.77. The predicted molar refractivity (Wildman–Crippen MR) is 82.5 cm³/mol. The fourth-order valence-corrected chi connectivity index (χ4v) is 2.71. The highest BCUT2D eigenvalue weighted by atomic mass is 16.5. The Morgan fingerprint density at radius 3 is 2.71 bits per heavy atom. The summed E-state index contributed by atoms with van der Waals surface area (Å²) in [5.41, 5.74) is 5.03. The lowest BCUT2D eigenvalue weighted by Crippen LogP contribution is -2.11. The highest BCUT2D eigenvalue weighted by molar-refractivity contribution is 5.94. The molecule has 3 rings (SSSR count). The summed E-state index contributed by atoms with van der Waals surface area (Å²) < 4.78 is 8.93. The first kappa shape index (κ1) is 13.5. The van der Waals surface area contributed by atoms with Crippen molar-refractivity contribution < 1.29 is 9.53 Å². The average Bonchev–Trinajstić information content (AvgIpc) is 3.00. The summed E-state index contributed by atoms with van der Waals surface area (Å²) in [7, 11) is 3.39. The molecule has 0 saturated carbocycles. The van der Waals surface area contributed by atoms with E-state index in [9.17, 15) is 4.79 Å². The Morgan fingerprint density at radius 1 is 1.19 bits per heavy atom. The minimum Gasteiger partial charge on any atom is -0.464 e. The number of carbonyl (C=O) groups excluding carboxylic acids is 1. The van der Waals surface area contributed by atoms with Gasteiger partial charge in [-0.3, -0.25) is 0 Å². The molecule has 0 saturated heterocycles. The zero-order valence-electron chi connectivity index (χ0n) is 12.5. The average molecular weight is 282 g/mol. The van der Waals surface area contributed by atoms with Crippen LogP contribution in [0.2, 0.25) is 0 Å². The van der Waals surface area contributed by atoms with Gasteiger partial charge in [0.15, 0.2) is 0 Å². The SMILES string of the molecule is COC(=O)c1cc2c(ccn2C)n1Cc1cccc(C)c1. The van der Waals surface area contributed by atoms with E-state index in [1.165, 1.54) is 18.2 Å². The monoisotopic (exact) mass is 282 g/mol. The lowest BCUT2D eigenvalue weighted by atomic mass is 10.1. The number of aromatic nitrogens is 2. The molecule has 0 spiro atoms. The van der Waals surface area contributed by atoms with Crippen molar-refractivity contribution in [3.8, 4) is 0 Å². The van der Waals surface area contributed by atoms with E-state index in [1.807, 2.05) is 40.6 Å². The van der Waals surface area contributed by atoms with Gasteiger partial charge in [-0.05, 0) is 24.6 Å². The molecular weight excluding hydrogens is 264 g/mol. The van der Waals surface area contributed by atoms with E-state index in [0.717, 1.165) is 11.0 Å². The van der Waals surface area contributed by atoms with Gasteiger partial charge < -0.3 is 13.9 Å². The number of fused-ring (bicyclic) bond motifs is 1. The summed E-state index contributed by atoms with van der Waals surface area (Å²) in [5, 5.41) is 0. The normalized spacial score (nSPS) is 11.0. The second-order valence-corrected chi connectivity index (χ2v) is 5.29. The Kier molecular flexibility index (Phi) is 3.29. The number of esters is 1. The molecule has 21 heavy (non-hydrogen) atoms. The maximum Gasteiger partial charge on any atom is 0.354 e. The van der Waals surface area contributed by atoms with Gasteiger partial charge in [0.05, 0.1) is 18.1 Å². The molecular formula is C17H18N2O2. The van der Waals surface area contributed by atoms with Crippen molar-refractivity contribution in [1.29, 1.82) is 0 Å². The number of carbonyl (C=O) groups is 1. The lowest BCUT2D eigenvalue weighted by molar-refractivity contribution is 0.0589. The van der Waals surface area contributed by atoms with Crippen molar-refractivity contribution >= 4 is 17.0 Å². The zero-order chi connectivity index (χ0) is 15.0. The van der Waals surface area contributed by atoms with E-state index in [4.69, 9.17) is 4.74 Å². The molecule has 3 aromatic rings. The second kappa shape index (κ2) is 5.13. The van der Waals surface area contributed by atoms with Crippen LogP contribution in [0, 0.1) is 6.92 Å². The van der Waals surface area contributed by atoms with Gasteiger partial charge in [0.25, 0.3) is 0 Å². The third kappa shape index (κ3) is 2.33. The number of rotatable bonds is 3. The summed E-state index contributed by atoms with van der Waals surface area (Å²) in [6.45, 7) is 2.72. The van der Waals surface area contributed by atoms with Gasteiger partial charge in [0.1, 0.15) is 5.69 Å². The van der Waals surface area contributed by atoms with Crippen LogP contribution in [0.5, 0.6) is 0 Å². The van der Waals surface area contributed by atoms with E-state index in [1.54, 1.807) is 0 Å². The second-order valence-electron chi connectivity index (χ2n) is 5.29. The van der Waals surface area contributed by atoms with Crippen molar-refractivity contribution in [1.82, 2.24) is 9.13 Å². The van der Waals surface area contributed by atoms with E-state index in [2.05, 4.69) is 25.1 Å². The molecule has 0 N–H and O–H groups in total. The van der Waals surface area contributed by atoms with Crippen LogP contribution in [0.15, 0.2) is 42.6 Å². The predicted octanol–water partition coefficient (Wildman–Crippen LogP) is 3.12. The van der Waals surface area contributed by atoms with Crippen molar-refractivity contribution in [3.63, 3.8) is 0 Å². The van der Waals surface area contributed by atoms with Gasteiger partial charge in [-0.1, -0.05) is 29.8 Å². The highest BCUT2D eigenvalue weighted by Crippen LogP contribution is 2.23. The van der Waals surface area contributed by atoms with Crippen LogP contribution in [-0.2, 0) is 18.3 Å². The molecule has 108 valence electrons. The van der Waals surface area contributed by atoms with Crippen molar-refractivity contribution in [3.05, 3.63) is 59.4 Å². The number of benzene rings is 1. The molecule has 0 aliphatic rings. The maximum atomic E-state index is 12.0. The van der Waals surface area contributed by atoms with Gasteiger partial charge in [-0.15, -0.1) is 0 Å². The smallest absolute Gasteiger partial charge is 0.354 e. The number of hydrogen-bond acceptors (Lipinski definition) is 2. The van der Waals surface area contributed by atoms with Crippen molar-refractivity contribution in [2.24, 2.45) is 7.05 Å². The van der Waals surface area contributed by atoms with Gasteiger partial charge in [0, 0.05) is 19.8 Å². The fraction of sp³-hybridized carbons (Fsp3) is 0.235. The minimum absolute atomic E-state index is 0.307. The van der Waals surface area contributed by atoms with E-state index in [-0.39, 0.29) is 5.97 Å². The van der Waals surface area contributed by atoms with Gasteiger partial charge >= 0.3 is 5.97 Å². The topological polar surface area (TPSA) is 36.2 Å². The Hall–Kier alpha value is -2.49. The van der Waals surface area contributed by atoms with E-state index < -0.39 is 0 Å². The quantitative estimate of drug-likeness (QED) is 0.692. The largest absolute Gasteiger partial charge is 0.464 e. The Balaban J connectivity index is 2.12. The van der Waals surface area contributed by atoms with Gasteiger partial charge in [0.2, 0.25) is 0 Å². The number of ether oxygens (including phenoxy) is 1. The zero-order valence-corrected chi connectivity index (χ0v) is 12.5. The van der Waals surface area contributed by atoms with Crippen molar-refractivity contribution in [2.75, 3.05) is 7.11 Å². The summed E-state index contributed by atoms with van der Waals surface area (Å²) >= 11 is 0. The molecule has 1 aromatic carbocycles. The molecule has 0 unspecified atom stereocenters. The number of aryl methyl sites for hydroxylation is 2. The molecule has 0 amide bonds. The Labute approximate surface area is 123 Å². The standard InChI is InChI=1S/C17H18N2O2/c1-12-5-4-6-13(9-12)11-19-14-7-8-18(2)15(14)10-16(19)17(20)21-3/h4-10H,11H2,1-3H3. The molecule has 4 heteroatoms. The number of methoxy groups -OCH3 is 1. The van der Waals surface area contributed by atoms with E-state index in [0.29, 0.717) is 12.2 Å². The van der Waals surface area contributed by atoms with Crippen molar-refractivity contribution in [2.45, 2.75) is 13.5 Å². The van der Waals surface area contributed by atoms with Crippen LogP contribution in [0.3, 0.4) is 0 Å². The molecule has 0 radical (unpaired) electrons. The molecule has 2 heterocycles. The Morgan fingerprint density at radius 2 is 2.00 bits per heavy atom. The first-order valence-electron chi connectivity index (χ1n) is 6.88. The first-order chi connectivity index (χ1) is 10.1. The summed E-state index contributed by atoms with van der Waals surface area (Å²) in [5.74, 6) is -0.307. The highest BCUT2D eigenvalue weighted by Gasteiger charge is 2.17. The minimum atomic E-state index is -0.307. The molecule has 0 aliphatic carbocycles. The third-order valence-electron chi connectivity index (χ3n) is 3.77. The maximum absolute atomic E-state index is 12.0.